The number of amidine groups is 1. The van der Waals surface area contributed by atoms with Crippen LogP contribution in [-0.4, -0.2) is 5.84 Å². The Morgan fingerprint density at radius 1 is 1.15 bits per heavy atom. The topological polar surface area (TPSA) is 59.1 Å². The lowest BCUT2D eigenvalue weighted by Crippen LogP contribution is -2.15. The van der Waals surface area contributed by atoms with Crippen LogP contribution in [0, 0.1) is 11.2 Å². The van der Waals surface area contributed by atoms with Gasteiger partial charge in [-0.2, -0.15) is 0 Å². The first-order valence-corrected chi connectivity index (χ1v) is 6.45. The number of hydrogen-bond donors (Lipinski definition) is 2. The van der Waals surface area contributed by atoms with Gasteiger partial charge in [0, 0.05) is 15.6 Å². The van der Waals surface area contributed by atoms with Crippen LogP contribution in [0.2, 0.25) is 10.0 Å². The van der Waals surface area contributed by atoms with Crippen molar-refractivity contribution in [2.45, 2.75) is 6.61 Å². The standard InChI is InChI=1S/C14H11Cl2FN2O/c15-9-3-1-4-10(16)8(9)7-20-12-6-2-5-11(17)13(12)14(18)19/h1-6H,7H2,(H3,18,19). The van der Waals surface area contributed by atoms with Gasteiger partial charge in [0.25, 0.3) is 0 Å². The highest BCUT2D eigenvalue weighted by Gasteiger charge is 2.14. The molecular weight excluding hydrogens is 302 g/mol. The molecule has 0 atom stereocenters. The van der Waals surface area contributed by atoms with E-state index in [1.54, 1.807) is 18.2 Å². The van der Waals surface area contributed by atoms with Crippen molar-refractivity contribution in [2.24, 2.45) is 5.73 Å². The number of rotatable bonds is 4. The monoisotopic (exact) mass is 312 g/mol. The van der Waals surface area contributed by atoms with E-state index in [4.69, 9.17) is 39.1 Å². The first-order chi connectivity index (χ1) is 9.50. The van der Waals surface area contributed by atoms with Crippen LogP contribution in [-0.2, 0) is 6.61 Å². The molecule has 3 nitrogen and oxygen atoms in total. The SMILES string of the molecule is N=C(N)c1c(F)cccc1OCc1c(Cl)cccc1Cl. The van der Waals surface area contributed by atoms with E-state index < -0.39 is 11.7 Å². The fourth-order valence-electron chi connectivity index (χ4n) is 1.71. The molecule has 0 aliphatic rings. The van der Waals surface area contributed by atoms with Crippen LogP contribution in [0.1, 0.15) is 11.1 Å². The molecular formula is C14H11Cl2FN2O. The highest BCUT2D eigenvalue weighted by atomic mass is 35.5. The van der Waals surface area contributed by atoms with E-state index in [-0.39, 0.29) is 17.9 Å². The van der Waals surface area contributed by atoms with Gasteiger partial charge < -0.3 is 10.5 Å². The fourth-order valence-corrected chi connectivity index (χ4v) is 2.21. The number of halogens is 3. The Labute approximate surface area is 125 Å². The van der Waals surface area contributed by atoms with Crippen molar-refractivity contribution in [1.29, 1.82) is 5.41 Å². The van der Waals surface area contributed by atoms with E-state index in [9.17, 15) is 4.39 Å². The maximum atomic E-state index is 13.6. The summed E-state index contributed by atoms with van der Waals surface area (Å²) in [5.41, 5.74) is 5.87. The lowest BCUT2D eigenvalue weighted by atomic mass is 10.1. The van der Waals surface area contributed by atoms with Crippen molar-refractivity contribution >= 4 is 29.0 Å². The molecule has 0 aliphatic carbocycles. The minimum absolute atomic E-state index is 0.0578. The number of nitrogen functional groups attached to an aromatic ring is 1. The Morgan fingerprint density at radius 2 is 1.75 bits per heavy atom. The smallest absolute Gasteiger partial charge is 0.137 e. The predicted octanol–water partition coefficient (Wildman–Crippen LogP) is 4.00. The summed E-state index contributed by atoms with van der Waals surface area (Å²) in [6, 6.07) is 9.31. The molecule has 0 bridgehead atoms. The second kappa shape index (κ2) is 6.11. The van der Waals surface area contributed by atoms with Gasteiger partial charge in [-0.05, 0) is 24.3 Å². The Hall–Kier alpha value is -1.78. The van der Waals surface area contributed by atoms with Crippen LogP contribution < -0.4 is 10.5 Å². The maximum absolute atomic E-state index is 13.6. The van der Waals surface area contributed by atoms with E-state index in [0.29, 0.717) is 15.6 Å². The first kappa shape index (κ1) is 14.6. The first-order valence-electron chi connectivity index (χ1n) is 5.69. The van der Waals surface area contributed by atoms with Crippen molar-refractivity contribution < 1.29 is 9.13 Å². The van der Waals surface area contributed by atoms with Crippen LogP contribution in [0.15, 0.2) is 36.4 Å². The third-order valence-corrected chi connectivity index (χ3v) is 3.39. The number of nitrogens with one attached hydrogen (secondary N) is 1. The van der Waals surface area contributed by atoms with Gasteiger partial charge >= 0.3 is 0 Å². The van der Waals surface area contributed by atoms with Gasteiger partial charge in [0.1, 0.15) is 24.0 Å². The molecule has 0 heterocycles. The highest BCUT2D eigenvalue weighted by Crippen LogP contribution is 2.27. The van der Waals surface area contributed by atoms with E-state index in [1.165, 1.54) is 18.2 Å². The molecule has 104 valence electrons. The van der Waals surface area contributed by atoms with E-state index in [1.807, 2.05) is 0 Å². The molecule has 20 heavy (non-hydrogen) atoms. The van der Waals surface area contributed by atoms with E-state index in [0.717, 1.165) is 0 Å². The Kier molecular flexibility index (Phi) is 4.47. The lowest BCUT2D eigenvalue weighted by Gasteiger charge is -2.13. The number of nitrogens with two attached hydrogens (primary N) is 1. The lowest BCUT2D eigenvalue weighted by molar-refractivity contribution is 0.304. The number of hydrogen-bond acceptors (Lipinski definition) is 2. The Balaban J connectivity index is 2.28. The highest BCUT2D eigenvalue weighted by molar-refractivity contribution is 6.35. The van der Waals surface area contributed by atoms with Crippen LogP contribution in [0.25, 0.3) is 0 Å². The van der Waals surface area contributed by atoms with Crippen molar-refractivity contribution in [1.82, 2.24) is 0 Å². The second-order valence-corrected chi connectivity index (χ2v) is 4.83. The zero-order valence-electron chi connectivity index (χ0n) is 10.3. The van der Waals surface area contributed by atoms with Crippen molar-refractivity contribution in [2.75, 3.05) is 0 Å². The molecule has 0 fully saturated rings. The van der Waals surface area contributed by atoms with Gasteiger partial charge in [0.2, 0.25) is 0 Å². The molecule has 0 aliphatic heterocycles. The Morgan fingerprint density at radius 3 is 2.35 bits per heavy atom. The summed E-state index contributed by atoms with van der Waals surface area (Å²) < 4.78 is 19.1. The average molecular weight is 313 g/mol. The summed E-state index contributed by atoms with van der Waals surface area (Å²) in [5.74, 6) is -0.836. The minimum atomic E-state index is -0.611. The van der Waals surface area contributed by atoms with Crippen LogP contribution in [0.4, 0.5) is 4.39 Å². The zero-order valence-corrected chi connectivity index (χ0v) is 11.8. The van der Waals surface area contributed by atoms with Crippen molar-refractivity contribution in [3.63, 3.8) is 0 Å². The molecule has 2 aromatic rings. The second-order valence-electron chi connectivity index (χ2n) is 4.02. The molecule has 0 unspecified atom stereocenters. The molecule has 2 aromatic carbocycles. The summed E-state index contributed by atoms with van der Waals surface area (Å²) in [6.45, 7) is 0.0578. The molecule has 3 N–H and O–H groups in total. The number of ether oxygens (including phenoxy) is 1. The van der Waals surface area contributed by atoms with Crippen LogP contribution in [0.5, 0.6) is 5.75 Å². The van der Waals surface area contributed by atoms with Crippen LogP contribution >= 0.6 is 23.2 Å². The normalized spacial score (nSPS) is 10.3. The van der Waals surface area contributed by atoms with Gasteiger partial charge in [-0.15, -0.1) is 0 Å². The predicted molar refractivity (Wildman–Crippen MR) is 78.2 cm³/mol. The molecule has 0 radical (unpaired) electrons. The fraction of sp³-hybridized carbons (Fsp3) is 0.0714. The summed E-state index contributed by atoms with van der Waals surface area (Å²) in [6.07, 6.45) is 0. The van der Waals surface area contributed by atoms with Gasteiger partial charge in [-0.3, -0.25) is 5.41 Å². The summed E-state index contributed by atoms with van der Waals surface area (Å²) >= 11 is 12.0. The van der Waals surface area contributed by atoms with Crippen molar-refractivity contribution in [3.05, 3.63) is 63.4 Å². The summed E-state index contributed by atoms with van der Waals surface area (Å²) in [5, 5.41) is 8.30. The van der Waals surface area contributed by atoms with Gasteiger partial charge in [0.05, 0.1) is 5.56 Å². The van der Waals surface area contributed by atoms with Gasteiger partial charge in [0.15, 0.2) is 0 Å². The number of benzene rings is 2. The van der Waals surface area contributed by atoms with E-state index in [2.05, 4.69) is 0 Å². The van der Waals surface area contributed by atoms with Crippen molar-refractivity contribution in [3.8, 4) is 5.75 Å². The molecule has 0 aromatic heterocycles. The molecule has 6 heteroatoms. The molecule has 2 rings (SSSR count). The largest absolute Gasteiger partial charge is 0.488 e. The zero-order chi connectivity index (χ0) is 14.7. The molecule has 0 spiro atoms. The molecule has 0 saturated carbocycles. The Bertz CT molecular complexity index is 641. The molecule has 0 saturated heterocycles. The summed E-state index contributed by atoms with van der Waals surface area (Å²) in [4.78, 5) is 0. The summed E-state index contributed by atoms with van der Waals surface area (Å²) in [7, 11) is 0. The molecule has 0 amide bonds. The quantitative estimate of drug-likeness (QED) is 0.662. The third kappa shape index (κ3) is 3.03. The minimum Gasteiger partial charge on any atom is -0.488 e. The third-order valence-electron chi connectivity index (χ3n) is 2.68. The van der Waals surface area contributed by atoms with E-state index >= 15 is 0 Å². The van der Waals surface area contributed by atoms with Crippen LogP contribution in [0.3, 0.4) is 0 Å². The van der Waals surface area contributed by atoms with Gasteiger partial charge in [-0.25, -0.2) is 4.39 Å². The van der Waals surface area contributed by atoms with Gasteiger partial charge in [-0.1, -0.05) is 35.3 Å². The average Bonchev–Trinajstić information content (AvgIpc) is 2.37. The maximum Gasteiger partial charge on any atom is 0.137 e.